The Morgan fingerprint density at radius 2 is 1.85 bits per heavy atom. The van der Waals surface area contributed by atoms with Crippen LogP contribution in [0.5, 0.6) is 0 Å². The first kappa shape index (κ1) is 26.6. The van der Waals surface area contributed by atoms with Crippen molar-refractivity contribution in [3.8, 4) is 0 Å². The number of hydrogen-bond donors (Lipinski definition) is 0. The molecule has 0 spiro atoms. The van der Waals surface area contributed by atoms with Gasteiger partial charge >= 0.3 is 5.97 Å². The average Bonchev–Trinajstić information content (AvgIpc) is 3.15. The summed E-state index contributed by atoms with van der Waals surface area (Å²) in [6.07, 6.45) is 17.5. The van der Waals surface area contributed by atoms with Gasteiger partial charge in [-0.05, 0) is 97.7 Å². The molecule has 0 aromatic heterocycles. The SMILES string of the molecule is CC[C@@H](Cl)C(=O)O[C@H]1CC[C@@]2(C)C(=CC[C@H]3[C@@H]4CC[C@H]([C@@H](C)CCCC(C)C)[C@@]4(C)CC[C@@H]32)C1. The van der Waals surface area contributed by atoms with Crippen LogP contribution in [-0.2, 0) is 9.53 Å². The third kappa shape index (κ3) is 4.88. The molecular weight excluding hydrogens is 440 g/mol. The van der Waals surface area contributed by atoms with Crippen molar-refractivity contribution in [2.24, 2.45) is 46.3 Å². The van der Waals surface area contributed by atoms with Gasteiger partial charge in [0, 0.05) is 6.42 Å². The van der Waals surface area contributed by atoms with Gasteiger partial charge in [0.1, 0.15) is 11.5 Å². The second kappa shape index (κ2) is 10.5. The van der Waals surface area contributed by atoms with Crippen LogP contribution >= 0.6 is 11.6 Å². The van der Waals surface area contributed by atoms with Gasteiger partial charge in [-0.25, -0.2) is 0 Å². The molecule has 4 aliphatic rings. The van der Waals surface area contributed by atoms with Crippen LogP contribution in [0.3, 0.4) is 0 Å². The van der Waals surface area contributed by atoms with Gasteiger partial charge in [-0.1, -0.05) is 72.5 Å². The summed E-state index contributed by atoms with van der Waals surface area (Å²) in [5.41, 5.74) is 2.43. The first-order chi connectivity index (χ1) is 16.1. The Morgan fingerprint density at radius 3 is 2.56 bits per heavy atom. The fourth-order valence-corrected chi connectivity index (χ4v) is 9.21. The van der Waals surface area contributed by atoms with E-state index in [1.165, 1.54) is 51.4 Å². The number of halogens is 1. The molecule has 4 aliphatic carbocycles. The van der Waals surface area contributed by atoms with Gasteiger partial charge in [0.25, 0.3) is 0 Å². The highest BCUT2D eigenvalue weighted by atomic mass is 35.5. The zero-order chi connectivity index (χ0) is 24.7. The lowest BCUT2D eigenvalue weighted by molar-refractivity contribution is -0.151. The number of esters is 1. The highest BCUT2D eigenvalue weighted by Gasteiger charge is 2.59. The fourth-order valence-electron chi connectivity index (χ4n) is 9.16. The summed E-state index contributed by atoms with van der Waals surface area (Å²) in [7, 11) is 0. The zero-order valence-corrected chi connectivity index (χ0v) is 23.6. The Morgan fingerprint density at radius 1 is 1.09 bits per heavy atom. The number of alkyl halides is 1. The molecule has 0 bridgehead atoms. The largest absolute Gasteiger partial charge is 0.461 e. The van der Waals surface area contributed by atoms with Crippen molar-refractivity contribution in [3.63, 3.8) is 0 Å². The van der Waals surface area contributed by atoms with Crippen molar-refractivity contribution in [1.29, 1.82) is 0 Å². The quantitative estimate of drug-likeness (QED) is 0.193. The molecule has 0 unspecified atom stereocenters. The van der Waals surface area contributed by atoms with Crippen LogP contribution in [0.15, 0.2) is 11.6 Å². The van der Waals surface area contributed by atoms with E-state index in [1.807, 2.05) is 6.92 Å². The Kier molecular flexibility index (Phi) is 8.18. The summed E-state index contributed by atoms with van der Waals surface area (Å²) in [5, 5.41) is -0.503. The number of allylic oxidation sites excluding steroid dienone is 1. The zero-order valence-electron chi connectivity index (χ0n) is 22.9. The molecule has 194 valence electrons. The molecule has 0 aromatic carbocycles. The van der Waals surface area contributed by atoms with E-state index in [9.17, 15) is 4.79 Å². The van der Waals surface area contributed by atoms with Crippen LogP contribution in [-0.4, -0.2) is 17.5 Å². The van der Waals surface area contributed by atoms with Gasteiger partial charge < -0.3 is 4.74 Å². The second-order valence-corrected chi connectivity index (χ2v) is 14.0. The number of carbonyl (C=O) groups is 1. The topological polar surface area (TPSA) is 26.3 Å². The lowest BCUT2D eigenvalue weighted by Gasteiger charge is -2.58. The minimum Gasteiger partial charge on any atom is -0.461 e. The van der Waals surface area contributed by atoms with Crippen molar-refractivity contribution >= 4 is 17.6 Å². The van der Waals surface area contributed by atoms with E-state index in [0.29, 0.717) is 17.3 Å². The summed E-state index contributed by atoms with van der Waals surface area (Å²) in [4.78, 5) is 12.3. The molecule has 0 aromatic rings. The van der Waals surface area contributed by atoms with Crippen molar-refractivity contribution in [1.82, 2.24) is 0 Å². The number of carbonyl (C=O) groups excluding carboxylic acids is 1. The summed E-state index contributed by atoms with van der Waals surface area (Å²) in [5.74, 6) is 4.96. The molecule has 0 N–H and O–H groups in total. The minimum atomic E-state index is -0.503. The Hall–Kier alpha value is -0.500. The molecule has 34 heavy (non-hydrogen) atoms. The minimum absolute atomic E-state index is 0.0209. The van der Waals surface area contributed by atoms with E-state index in [-0.39, 0.29) is 12.1 Å². The second-order valence-electron chi connectivity index (χ2n) is 13.5. The van der Waals surface area contributed by atoms with E-state index >= 15 is 0 Å². The first-order valence-electron chi connectivity index (χ1n) is 14.6. The normalized spacial score (nSPS) is 41.2. The van der Waals surface area contributed by atoms with E-state index < -0.39 is 5.38 Å². The Bertz CT molecular complexity index is 759. The summed E-state index contributed by atoms with van der Waals surface area (Å²) in [6.45, 7) is 14.5. The molecule has 0 amide bonds. The summed E-state index contributed by atoms with van der Waals surface area (Å²) in [6, 6.07) is 0. The summed E-state index contributed by atoms with van der Waals surface area (Å²) >= 11 is 6.14. The molecule has 4 rings (SSSR count). The van der Waals surface area contributed by atoms with Gasteiger partial charge in [0.2, 0.25) is 0 Å². The maximum atomic E-state index is 12.3. The smallest absolute Gasteiger partial charge is 0.324 e. The molecular formula is C31H51ClO2. The third-order valence-corrected chi connectivity index (χ3v) is 11.6. The molecule has 9 atom stereocenters. The maximum absolute atomic E-state index is 12.3. The highest BCUT2D eigenvalue weighted by molar-refractivity contribution is 6.29. The van der Waals surface area contributed by atoms with Gasteiger partial charge in [-0.15, -0.1) is 11.6 Å². The van der Waals surface area contributed by atoms with Crippen LogP contribution in [0.25, 0.3) is 0 Å². The predicted octanol–water partition coefficient (Wildman–Crippen LogP) is 8.96. The predicted molar refractivity (Wildman–Crippen MR) is 143 cm³/mol. The van der Waals surface area contributed by atoms with Crippen LogP contribution in [0.1, 0.15) is 119 Å². The Balaban J connectivity index is 1.43. The van der Waals surface area contributed by atoms with Gasteiger partial charge in [0.15, 0.2) is 0 Å². The van der Waals surface area contributed by atoms with E-state index in [0.717, 1.165) is 54.8 Å². The van der Waals surface area contributed by atoms with E-state index in [2.05, 4.69) is 40.7 Å². The van der Waals surface area contributed by atoms with Crippen LogP contribution in [0.2, 0.25) is 0 Å². The third-order valence-electron chi connectivity index (χ3n) is 11.2. The molecule has 3 fully saturated rings. The van der Waals surface area contributed by atoms with Gasteiger partial charge in [-0.2, -0.15) is 0 Å². The fraction of sp³-hybridized carbons (Fsp3) is 0.903. The number of rotatable bonds is 8. The van der Waals surface area contributed by atoms with Crippen LogP contribution < -0.4 is 0 Å². The molecule has 0 radical (unpaired) electrons. The van der Waals surface area contributed by atoms with Crippen LogP contribution in [0, 0.1) is 46.3 Å². The number of ether oxygens (including phenoxy) is 1. The van der Waals surface area contributed by atoms with Crippen molar-refractivity contribution in [3.05, 3.63) is 11.6 Å². The first-order valence-corrected chi connectivity index (χ1v) is 15.1. The highest BCUT2D eigenvalue weighted by Crippen LogP contribution is 2.67. The molecule has 0 aliphatic heterocycles. The summed E-state index contributed by atoms with van der Waals surface area (Å²) < 4.78 is 5.83. The Labute approximate surface area is 215 Å². The molecule has 3 heteroatoms. The van der Waals surface area contributed by atoms with Crippen molar-refractivity contribution in [2.75, 3.05) is 0 Å². The lowest BCUT2D eigenvalue weighted by atomic mass is 9.47. The standard InChI is InChI=1S/C31H51ClO2/c1-7-28(32)29(33)34-23-15-17-30(5)22(19-23)11-12-24-26-14-13-25(21(4)10-8-9-20(2)3)31(26,6)18-16-27(24)30/h11,20-21,23-28H,7-10,12-19H2,1-6H3/t21-,23-,24-,25+,26-,27-,28+,30-,31+/m0/s1. The van der Waals surface area contributed by atoms with E-state index in [4.69, 9.17) is 16.3 Å². The monoisotopic (exact) mass is 490 g/mol. The lowest BCUT2D eigenvalue weighted by Crippen LogP contribution is -2.51. The molecule has 0 saturated heterocycles. The van der Waals surface area contributed by atoms with Crippen LogP contribution in [0.4, 0.5) is 0 Å². The molecule has 3 saturated carbocycles. The van der Waals surface area contributed by atoms with E-state index in [1.54, 1.807) is 5.57 Å². The average molecular weight is 491 g/mol. The molecule has 2 nitrogen and oxygen atoms in total. The number of fused-ring (bicyclic) bond motifs is 5. The maximum Gasteiger partial charge on any atom is 0.324 e. The van der Waals surface area contributed by atoms with Gasteiger partial charge in [0.05, 0.1) is 0 Å². The number of hydrogen-bond acceptors (Lipinski definition) is 2. The van der Waals surface area contributed by atoms with Crippen molar-refractivity contribution in [2.45, 2.75) is 130 Å². The van der Waals surface area contributed by atoms with Crippen molar-refractivity contribution < 1.29 is 9.53 Å². The van der Waals surface area contributed by atoms with Gasteiger partial charge in [-0.3, -0.25) is 4.79 Å². The molecule has 0 heterocycles.